The van der Waals surface area contributed by atoms with Gasteiger partial charge in [-0.15, -0.1) is 0 Å². The van der Waals surface area contributed by atoms with Crippen molar-refractivity contribution in [3.8, 4) is 0 Å². The highest BCUT2D eigenvalue weighted by Crippen LogP contribution is 2.02. The van der Waals surface area contributed by atoms with Crippen molar-refractivity contribution < 1.29 is 4.79 Å². The van der Waals surface area contributed by atoms with Gasteiger partial charge in [0.15, 0.2) is 6.29 Å². The molecule has 0 spiro atoms. The normalized spacial score (nSPS) is 9.70. The summed E-state index contributed by atoms with van der Waals surface area (Å²) in [7, 11) is 0. The van der Waals surface area contributed by atoms with Gasteiger partial charge in [0, 0.05) is 6.42 Å². The molecule has 0 heterocycles. The minimum Gasteiger partial charge on any atom is -0.330 e. The first-order chi connectivity index (χ1) is 4.91. The highest BCUT2D eigenvalue weighted by molar-refractivity contribution is 5.50. The van der Waals surface area contributed by atoms with E-state index in [1.807, 2.05) is 6.29 Å². The van der Waals surface area contributed by atoms with Crippen LogP contribution >= 0.6 is 0 Å². The predicted octanol–water partition coefficient (Wildman–Crippen LogP) is 1.40. The van der Waals surface area contributed by atoms with E-state index in [9.17, 15) is 4.79 Å². The van der Waals surface area contributed by atoms with Crippen LogP contribution < -0.4 is 5.73 Å². The van der Waals surface area contributed by atoms with E-state index in [0.29, 0.717) is 6.42 Å². The van der Waals surface area contributed by atoms with Crippen LogP contribution in [0.15, 0.2) is 0 Å². The third kappa shape index (κ3) is 7.63. The Morgan fingerprint density at radius 1 is 1.00 bits per heavy atom. The quantitative estimate of drug-likeness (QED) is 0.546. The van der Waals surface area contributed by atoms with Crippen LogP contribution in [0.3, 0.4) is 0 Å². The van der Waals surface area contributed by atoms with Crippen LogP contribution in [0.1, 0.15) is 38.5 Å². The van der Waals surface area contributed by atoms with Gasteiger partial charge in [-0.05, 0) is 19.4 Å². The Hall–Kier alpha value is -0.370. The fourth-order valence-electron chi connectivity index (χ4n) is 0.872. The summed E-state index contributed by atoms with van der Waals surface area (Å²) in [6.45, 7) is 0.791. The molecule has 59 valence electrons. The average molecular weight is 142 g/mol. The summed E-state index contributed by atoms with van der Waals surface area (Å²) >= 11 is 0. The molecular formula is C8H16NO. The number of hydrogen-bond acceptors (Lipinski definition) is 2. The molecule has 2 N–H and O–H groups in total. The number of unbranched alkanes of at least 4 members (excludes halogenated alkanes) is 5. The lowest BCUT2D eigenvalue weighted by Crippen LogP contribution is -1.97. The van der Waals surface area contributed by atoms with E-state index in [-0.39, 0.29) is 0 Å². The Labute approximate surface area is 62.8 Å². The monoisotopic (exact) mass is 142 g/mol. The lowest BCUT2D eigenvalue weighted by Gasteiger charge is -1.95. The summed E-state index contributed by atoms with van der Waals surface area (Å²) in [5.74, 6) is 0. The number of rotatable bonds is 7. The molecule has 0 rings (SSSR count). The first kappa shape index (κ1) is 9.63. The minimum atomic E-state index is 0.600. The van der Waals surface area contributed by atoms with Gasteiger partial charge in [0.25, 0.3) is 0 Å². The van der Waals surface area contributed by atoms with Gasteiger partial charge in [-0.3, -0.25) is 4.79 Å². The second kappa shape index (κ2) is 8.63. The van der Waals surface area contributed by atoms with E-state index in [0.717, 1.165) is 25.8 Å². The fraction of sp³-hybridized carbons (Fsp3) is 0.875. The van der Waals surface area contributed by atoms with Crippen LogP contribution in [0, 0.1) is 0 Å². The summed E-state index contributed by atoms with van der Waals surface area (Å²) in [5.41, 5.74) is 5.31. The molecule has 0 atom stereocenters. The first-order valence-corrected chi connectivity index (χ1v) is 3.97. The molecule has 0 bridgehead atoms. The van der Waals surface area contributed by atoms with Crippen LogP contribution in [0.25, 0.3) is 0 Å². The van der Waals surface area contributed by atoms with Gasteiger partial charge in [0.1, 0.15) is 0 Å². The summed E-state index contributed by atoms with van der Waals surface area (Å²) < 4.78 is 0. The Morgan fingerprint density at radius 3 is 2.20 bits per heavy atom. The topological polar surface area (TPSA) is 43.1 Å². The van der Waals surface area contributed by atoms with Crippen LogP contribution in [0.5, 0.6) is 0 Å². The van der Waals surface area contributed by atoms with Gasteiger partial charge in [-0.2, -0.15) is 0 Å². The molecule has 0 saturated carbocycles. The van der Waals surface area contributed by atoms with Gasteiger partial charge in [0.05, 0.1) is 0 Å². The molecule has 0 aromatic rings. The van der Waals surface area contributed by atoms with E-state index in [1.54, 1.807) is 0 Å². The Bertz CT molecular complexity index is 73.7. The maximum absolute atomic E-state index is 9.75. The van der Waals surface area contributed by atoms with Crippen molar-refractivity contribution in [2.24, 2.45) is 5.73 Å². The summed E-state index contributed by atoms with van der Waals surface area (Å²) in [6, 6.07) is 0. The van der Waals surface area contributed by atoms with Crippen molar-refractivity contribution in [3.05, 3.63) is 0 Å². The summed E-state index contributed by atoms with van der Waals surface area (Å²) in [6.07, 6.45) is 8.15. The highest BCUT2D eigenvalue weighted by Gasteiger charge is 1.88. The van der Waals surface area contributed by atoms with Gasteiger partial charge >= 0.3 is 0 Å². The molecule has 0 saturated heterocycles. The smallest absolute Gasteiger partial charge is 0.198 e. The molecule has 10 heavy (non-hydrogen) atoms. The zero-order valence-corrected chi connectivity index (χ0v) is 6.44. The molecule has 0 aromatic heterocycles. The summed E-state index contributed by atoms with van der Waals surface area (Å²) in [4.78, 5) is 9.75. The lowest BCUT2D eigenvalue weighted by molar-refractivity contribution is 0.542. The molecule has 0 unspecified atom stereocenters. The fourth-order valence-corrected chi connectivity index (χ4v) is 0.872. The average Bonchev–Trinajstić information content (AvgIpc) is 1.97. The number of nitrogens with two attached hydrogens (primary N) is 1. The summed E-state index contributed by atoms with van der Waals surface area (Å²) in [5, 5.41) is 0. The Morgan fingerprint density at radius 2 is 1.60 bits per heavy atom. The highest BCUT2D eigenvalue weighted by atomic mass is 16.1. The minimum absolute atomic E-state index is 0.600. The second-order valence-corrected chi connectivity index (χ2v) is 2.45. The molecule has 0 aliphatic carbocycles. The Balaban J connectivity index is 2.70. The SMILES string of the molecule is NCCCCCCC[C]=O. The second-order valence-electron chi connectivity index (χ2n) is 2.45. The van der Waals surface area contributed by atoms with E-state index < -0.39 is 0 Å². The van der Waals surface area contributed by atoms with Crippen molar-refractivity contribution in [2.45, 2.75) is 38.5 Å². The standard InChI is InChI=1S/C8H16NO/c9-7-5-3-1-2-4-6-8-10/h1-7,9H2. The van der Waals surface area contributed by atoms with Gasteiger partial charge < -0.3 is 5.73 Å². The third-order valence-corrected chi connectivity index (χ3v) is 1.48. The van der Waals surface area contributed by atoms with Crippen LogP contribution in [0.4, 0.5) is 0 Å². The number of carbonyl (C=O) groups excluding carboxylic acids is 1. The lowest BCUT2D eigenvalue weighted by atomic mass is 10.1. The molecule has 0 fully saturated rings. The van der Waals surface area contributed by atoms with E-state index in [1.165, 1.54) is 12.8 Å². The molecule has 0 amide bonds. The molecule has 0 aliphatic rings. The molecule has 1 radical (unpaired) electrons. The van der Waals surface area contributed by atoms with Gasteiger partial charge in [0.2, 0.25) is 0 Å². The van der Waals surface area contributed by atoms with E-state index >= 15 is 0 Å². The maximum atomic E-state index is 9.75. The van der Waals surface area contributed by atoms with Crippen LogP contribution in [-0.2, 0) is 4.79 Å². The van der Waals surface area contributed by atoms with Crippen molar-refractivity contribution in [3.63, 3.8) is 0 Å². The van der Waals surface area contributed by atoms with Gasteiger partial charge in [-0.25, -0.2) is 0 Å². The molecule has 2 heteroatoms. The first-order valence-electron chi connectivity index (χ1n) is 3.97. The zero-order valence-electron chi connectivity index (χ0n) is 6.44. The van der Waals surface area contributed by atoms with Gasteiger partial charge in [-0.1, -0.05) is 19.3 Å². The molecule has 0 aromatic carbocycles. The maximum Gasteiger partial charge on any atom is 0.198 e. The van der Waals surface area contributed by atoms with Crippen molar-refractivity contribution in [1.29, 1.82) is 0 Å². The molecule has 2 nitrogen and oxygen atoms in total. The van der Waals surface area contributed by atoms with Crippen LogP contribution in [0.2, 0.25) is 0 Å². The molecule has 0 aliphatic heterocycles. The zero-order chi connectivity index (χ0) is 7.66. The Kier molecular flexibility index (Phi) is 8.31. The van der Waals surface area contributed by atoms with Crippen molar-refractivity contribution in [1.82, 2.24) is 0 Å². The van der Waals surface area contributed by atoms with E-state index in [4.69, 9.17) is 5.73 Å². The molecular weight excluding hydrogens is 126 g/mol. The van der Waals surface area contributed by atoms with Crippen molar-refractivity contribution >= 4 is 6.29 Å². The largest absolute Gasteiger partial charge is 0.330 e. The van der Waals surface area contributed by atoms with Crippen molar-refractivity contribution in [2.75, 3.05) is 6.54 Å². The van der Waals surface area contributed by atoms with E-state index in [2.05, 4.69) is 0 Å². The third-order valence-electron chi connectivity index (χ3n) is 1.48. The number of hydrogen-bond donors (Lipinski definition) is 1. The predicted molar refractivity (Wildman–Crippen MR) is 42.4 cm³/mol. The van der Waals surface area contributed by atoms with Crippen LogP contribution in [-0.4, -0.2) is 12.8 Å².